The Balaban J connectivity index is 1.95. The third-order valence-electron chi connectivity index (χ3n) is 6.44. The summed E-state index contributed by atoms with van der Waals surface area (Å²) in [6.07, 6.45) is 5.69. The van der Waals surface area contributed by atoms with Crippen molar-refractivity contribution < 1.29 is 0 Å². The summed E-state index contributed by atoms with van der Waals surface area (Å²) in [4.78, 5) is 8.84. The molecule has 0 spiro atoms. The molecule has 3 aromatic carbocycles. The van der Waals surface area contributed by atoms with E-state index >= 15 is 0 Å². The maximum Gasteiger partial charge on any atom is 0.0697 e. The first-order chi connectivity index (χ1) is 16.7. The second-order valence-electron chi connectivity index (χ2n) is 8.60. The van der Waals surface area contributed by atoms with Crippen molar-refractivity contribution in [3.05, 3.63) is 131 Å². The van der Waals surface area contributed by atoms with Gasteiger partial charge in [0.1, 0.15) is 0 Å². The van der Waals surface area contributed by atoms with Crippen LogP contribution in [-0.4, -0.2) is 11.7 Å². The van der Waals surface area contributed by atoms with E-state index in [9.17, 15) is 0 Å². The van der Waals surface area contributed by atoms with Gasteiger partial charge in [-0.25, -0.2) is 0 Å². The second-order valence-corrected chi connectivity index (χ2v) is 8.60. The van der Waals surface area contributed by atoms with Crippen LogP contribution >= 0.6 is 0 Å². The van der Waals surface area contributed by atoms with Gasteiger partial charge in [-0.05, 0) is 78.1 Å². The van der Waals surface area contributed by atoms with E-state index in [1.165, 1.54) is 39.0 Å². The van der Waals surface area contributed by atoms with Crippen molar-refractivity contribution in [2.45, 2.75) is 39.5 Å². The Morgan fingerprint density at radius 1 is 0.794 bits per heavy atom. The molecule has 34 heavy (non-hydrogen) atoms. The van der Waals surface area contributed by atoms with Crippen LogP contribution in [0.2, 0.25) is 0 Å². The fourth-order valence-corrected chi connectivity index (χ4v) is 4.88. The SMILES string of the molecule is C=Nc1ccc(C(c2cccnc2)c2cccc(C)c2)cc1/C(CC)=C(\CC)c1ccccc1. The van der Waals surface area contributed by atoms with Crippen molar-refractivity contribution in [2.24, 2.45) is 4.99 Å². The molecule has 2 nitrogen and oxygen atoms in total. The van der Waals surface area contributed by atoms with Crippen LogP contribution in [0.3, 0.4) is 0 Å². The molecule has 0 bridgehead atoms. The molecule has 0 aliphatic heterocycles. The van der Waals surface area contributed by atoms with Gasteiger partial charge in [0.2, 0.25) is 0 Å². The van der Waals surface area contributed by atoms with Crippen LogP contribution in [0.1, 0.15) is 66.0 Å². The Labute approximate surface area is 203 Å². The average Bonchev–Trinajstić information content (AvgIpc) is 2.88. The highest BCUT2D eigenvalue weighted by Crippen LogP contribution is 2.40. The lowest BCUT2D eigenvalue weighted by atomic mass is 9.82. The normalized spacial score (nSPS) is 12.7. The number of allylic oxidation sites excluding steroid dienone is 2. The van der Waals surface area contributed by atoms with E-state index in [4.69, 9.17) is 0 Å². The summed E-state index contributed by atoms with van der Waals surface area (Å²) in [5.74, 6) is 0.0890. The zero-order valence-electron chi connectivity index (χ0n) is 20.3. The van der Waals surface area contributed by atoms with Gasteiger partial charge in [-0.2, -0.15) is 0 Å². The summed E-state index contributed by atoms with van der Waals surface area (Å²) < 4.78 is 0. The standard InChI is InChI=1S/C32H32N2/c1-5-28(24-13-8-7-9-14-24)29(6-2)30-21-26(17-18-31(30)33-4)32(27-16-11-19-34-22-27)25-15-10-12-23(3)20-25/h7-22,32H,4-6H2,1-3H3/b29-28+. The number of nitrogens with zero attached hydrogens (tertiary/aromatic N) is 2. The Hall–Kier alpha value is -3.78. The molecule has 0 aliphatic rings. The molecule has 0 N–H and O–H groups in total. The number of aliphatic imine (C=N–C) groups is 1. The van der Waals surface area contributed by atoms with Crippen LogP contribution in [0.4, 0.5) is 5.69 Å². The van der Waals surface area contributed by atoms with Crippen LogP contribution in [0.25, 0.3) is 11.1 Å². The van der Waals surface area contributed by atoms with Crippen molar-refractivity contribution in [2.75, 3.05) is 0 Å². The molecular formula is C32H32N2. The van der Waals surface area contributed by atoms with Crippen molar-refractivity contribution >= 4 is 23.6 Å². The monoisotopic (exact) mass is 444 g/mol. The van der Waals surface area contributed by atoms with Crippen molar-refractivity contribution in [1.29, 1.82) is 0 Å². The molecule has 0 saturated carbocycles. The molecule has 0 aliphatic carbocycles. The zero-order chi connectivity index (χ0) is 23.9. The third kappa shape index (κ3) is 4.92. The lowest BCUT2D eigenvalue weighted by Crippen LogP contribution is -2.05. The summed E-state index contributed by atoms with van der Waals surface area (Å²) in [6.45, 7) is 10.5. The average molecular weight is 445 g/mol. The maximum atomic E-state index is 4.43. The molecule has 1 atom stereocenters. The molecular weight excluding hydrogens is 412 g/mol. The fraction of sp³-hybridized carbons (Fsp3) is 0.188. The van der Waals surface area contributed by atoms with E-state index in [0.717, 1.165) is 24.1 Å². The Kier molecular flexibility index (Phi) is 7.49. The predicted molar refractivity (Wildman–Crippen MR) is 146 cm³/mol. The minimum absolute atomic E-state index is 0.0890. The Morgan fingerprint density at radius 3 is 2.18 bits per heavy atom. The van der Waals surface area contributed by atoms with Gasteiger partial charge in [0, 0.05) is 23.9 Å². The number of hydrogen-bond acceptors (Lipinski definition) is 2. The third-order valence-corrected chi connectivity index (χ3v) is 6.44. The quantitative estimate of drug-likeness (QED) is 0.197. The molecule has 1 unspecified atom stereocenters. The Morgan fingerprint density at radius 2 is 1.53 bits per heavy atom. The largest absolute Gasteiger partial charge is 0.264 e. The number of rotatable bonds is 8. The van der Waals surface area contributed by atoms with Crippen LogP contribution in [0.15, 0.2) is 102 Å². The van der Waals surface area contributed by atoms with E-state index in [1.54, 1.807) is 0 Å². The first-order valence-corrected chi connectivity index (χ1v) is 12.0. The first-order valence-electron chi connectivity index (χ1n) is 12.0. The molecule has 0 fully saturated rings. The van der Waals surface area contributed by atoms with Gasteiger partial charge in [-0.15, -0.1) is 0 Å². The van der Waals surface area contributed by atoms with Crippen LogP contribution in [0, 0.1) is 6.92 Å². The molecule has 0 amide bonds. The second kappa shape index (κ2) is 10.9. The zero-order valence-corrected chi connectivity index (χ0v) is 20.3. The molecule has 0 radical (unpaired) electrons. The summed E-state index contributed by atoms with van der Waals surface area (Å²) in [6, 6.07) is 30.3. The number of benzene rings is 3. The molecule has 0 saturated heterocycles. The van der Waals surface area contributed by atoms with Crippen LogP contribution in [0.5, 0.6) is 0 Å². The van der Waals surface area contributed by atoms with E-state index in [0.29, 0.717) is 0 Å². The summed E-state index contributed by atoms with van der Waals surface area (Å²) in [5.41, 5.74) is 11.0. The fourth-order valence-electron chi connectivity index (χ4n) is 4.88. The lowest BCUT2D eigenvalue weighted by Gasteiger charge is -2.22. The molecule has 4 aromatic rings. The van der Waals surface area contributed by atoms with Crippen molar-refractivity contribution in [1.82, 2.24) is 4.98 Å². The van der Waals surface area contributed by atoms with Gasteiger partial charge in [-0.1, -0.05) is 86.1 Å². The number of aromatic nitrogens is 1. The predicted octanol–water partition coefficient (Wildman–Crippen LogP) is 8.63. The molecule has 170 valence electrons. The topological polar surface area (TPSA) is 25.2 Å². The summed E-state index contributed by atoms with van der Waals surface area (Å²) >= 11 is 0. The van der Waals surface area contributed by atoms with Gasteiger partial charge >= 0.3 is 0 Å². The van der Waals surface area contributed by atoms with E-state index < -0.39 is 0 Å². The van der Waals surface area contributed by atoms with Crippen molar-refractivity contribution in [3.63, 3.8) is 0 Å². The van der Waals surface area contributed by atoms with Gasteiger partial charge in [-0.3, -0.25) is 9.98 Å². The maximum absolute atomic E-state index is 4.43. The van der Waals surface area contributed by atoms with E-state index in [-0.39, 0.29) is 5.92 Å². The molecule has 2 heteroatoms. The smallest absolute Gasteiger partial charge is 0.0697 e. The minimum Gasteiger partial charge on any atom is -0.264 e. The number of hydrogen-bond donors (Lipinski definition) is 0. The molecule has 4 rings (SSSR count). The van der Waals surface area contributed by atoms with Gasteiger partial charge < -0.3 is 0 Å². The minimum atomic E-state index is 0.0890. The Bertz CT molecular complexity index is 1290. The highest BCUT2D eigenvalue weighted by Gasteiger charge is 2.20. The first kappa shape index (κ1) is 23.4. The molecule has 1 heterocycles. The van der Waals surface area contributed by atoms with Crippen LogP contribution in [-0.2, 0) is 0 Å². The van der Waals surface area contributed by atoms with Gasteiger partial charge in [0.05, 0.1) is 5.69 Å². The summed E-state index contributed by atoms with van der Waals surface area (Å²) in [5, 5.41) is 0. The van der Waals surface area contributed by atoms with Gasteiger partial charge in [0.25, 0.3) is 0 Å². The van der Waals surface area contributed by atoms with E-state index in [2.05, 4.69) is 116 Å². The van der Waals surface area contributed by atoms with Crippen LogP contribution < -0.4 is 0 Å². The van der Waals surface area contributed by atoms with Crippen molar-refractivity contribution in [3.8, 4) is 0 Å². The highest BCUT2D eigenvalue weighted by molar-refractivity contribution is 5.94. The van der Waals surface area contributed by atoms with Gasteiger partial charge in [0.15, 0.2) is 0 Å². The lowest BCUT2D eigenvalue weighted by molar-refractivity contribution is 0.959. The highest BCUT2D eigenvalue weighted by atomic mass is 14.7. The van der Waals surface area contributed by atoms with E-state index in [1.807, 2.05) is 18.5 Å². The summed E-state index contributed by atoms with van der Waals surface area (Å²) in [7, 11) is 0. The molecule has 1 aromatic heterocycles. The number of pyridine rings is 1. The number of aryl methyl sites for hydroxylation is 1.